The van der Waals surface area contributed by atoms with E-state index in [1.807, 2.05) is 0 Å². The molecule has 0 aromatic heterocycles. The number of methoxy groups -OCH3 is 1. The van der Waals surface area contributed by atoms with Gasteiger partial charge in [-0.15, -0.1) is 0 Å². The van der Waals surface area contributed by atoms with Gasteiger partial charge in [0.25, 0.3) is 0 Å². The molecule has 1 rings (SSSR count). The van der Waals surface area contributed by atoms with Gasteiger partial charge < -0.3 is 14.9 Å². The van der Waals surface area contributed by atoms with E-state index in [1.165, 1.54) is 0 Å². The third-order valence-corrected chi connectivity index (χ3v) is 4.02. The maximum absolute atomic E-state index is 11.0. The number of carboxylic acid groups (broad SMARTS) is 1. The van der Waals surface area contributed by atoms with Gasteiger partial charge in [0, 0.05) is 26.7 Å². The highest BCUT2D eigenvalue weighted by Gasteiger charge is 2.36. The summed E-state index contributed by atoms with van der Waals surface area (Å²) in [6, 6.07) is 0. The summed E-state index contributed by atoms with van der Waals surface area (Å²) in [6.45, 7) is 7.31. The molecule has 1 saturated carbocycles. The van der Waals surface area contributed by atoms with E-state index in [0.29, 0.717) is 44.8 Å². The second kappa shape index (κ2) is 7.96. The summed E-state index contributed by atoms with van der Waals surface area (Å²) >= 11 is 0. The molecule has 0 radical (unpaired) electrons. The number of aliphatic carboxylic acids is 1. The van der Waals surface area contributed by atoms with Crippen LogP contribution in [0, 0.1) is 11.8 Å². The number of hydrogen-bond donors (Lipinski definition) is 2. The summed E-state index contributed by atoms with van der Waals surface area (Å²) in [5.41, 5.74) is -0.741. The van der Waals surface area contributed by atoms with Gasteiger partial charge in [0.15, 0.2) is 0 Å². The Hall–Kier alpha value is -0.650. The molecule has 5 heteroatoms. The first-order chi connectivity index (χ1) is 9.36. The van der Waals surface area contributed by atoms with E-state index < -0.39 is 11.6 Å². The Morgan fingerprint density at radius 2 is 2.00 bits per heavy atom. The Morgan fingerprint density at radius 3 is 2.45 bits per heavy atom. The quantitative estimate of drug-likeness (QED) is 0.709. The molecule has 0 aromatic carbocycles. The highest BCUT2D eigenvalue weighted by atomic mass is 16.5. The maximum Gasteiger partial charge on any atom is 0.306 e. The number of ether oxygens (including phenoxy) is 1. The van der Waals surface area contributed by atoms with E-state index in [9.17, 15) is 9.90 Å². The largest absolute Gasteiger partial charge is 0.481 e. The highest BCUT2D eigenvalue weighted by Crippen LogP contribution is 2.33. The fourth-order valence-electron chi connectivity index (χ4n) is 2.95. The van der Waals surface area contributed by atoms with E-state index in [0.717, 1.165) is 13.1 Å². The number of carbonyl (C=O) groups is 1. The van der Waals surface area contributed by atoms with Crippen LogP contribution < -0.4 is 0 Å². The van der Waals surface area contributed by atoms with E-state index in [1.54, 1.807) is 7.11 Å². The monoisotopic (exact) mass is 287 g/mol. The number of aliphatic hydroxyl groups is 1. The topological polar surface area (TPSA) is 70.0 Å². The first-order valence-corrected chi connectivity index (χ1v) is 7.53. The van der Waals surface area contributed by atoms with E-state index in [-0.39, 0.29) is 5.92 Å². The van der Waals surface area contributed by atoms with Gasteiger partial charge in [-0.3, -0.25) is 9.69 Å². The highest BCUT2D eigenvalue weighted by molar-refractivity contribution is 5.70. The van der Waals surface area contributed by atoms with Crippen molar-refractivity contribution in [2.45, 2.75) is 45.1 Å². The van der Waals surface area contributed by atoms with Crippen molar-refractivity contribution in [1.29, 1.82) is 0 Å². The molecule has 1 aliphatic rings. The standard InChI is InChI=1S/C15H29NO4/c1-12(2)10-16(8-9-20-3)11-15(19)6-4-13(5-7-15)14(17)18/h12-13,19H,4-11H2,1-3H3,(H,17,18). The smallest absolute Gasteiger partial charge is 0.306 e. The van der Waals surface area contributed by atoms with Crippen molar-refractivity contribution in [1.82, 2.24) is 4.90 Å². The third-order valence-electron chi connectivity index (χ3n) is 4.02. The molecule has 0 saturated heterocycles. The van der Waals surface area contributed by atoms with Gasteiger partial charge in [-0.05, 0) is 31.6 Å². The van der Waals surface area contributed by atoms with Gasteiger partial charge >= 0.3 is 5.97 Å². The molecule has 20 heavy (non-hydrogen) atoms. The molecule has 0 aliphatic heterocycles. The van der Waals surface area contributed by atoms with Crippen molar-refractivity contribution in [2.24, 2.45) is 11.8 Å². The zero-order valence-corrected chi connectivity index (χ0v) is 13.0. The van der Waals surface area contributed by atoms with E-state index in [2.05, 4.69) is 18.7 Å². The lowest BCUT2D eigenvalue weighted by Crippen LogP contribution is -2.48. The van der Waals surface area contributed by atoms with Gasteiger partial charge in [0.05, 0.1) is 18.1 Å². The lowest BCUT2D eigenvalue weighted by molar-refractivity contribution is -0.145. The zero-order chi connectivity index (χ0) is 15.2. The van der Waals surface area contributed by atoms with Crippen LogP contribution in [0.4, 0.5) is 0 Å². The lowest BCUT2D eigenvalue weighted by atomic mass is 9.78. The molecule has 0 atom stereocenters. The van der Waals surface area contributed by atoms with Crippen molar-refractivity contribution in [3.63, 3.8) is 0 Å². The van der Waals surface area contributed by atoms with Gasteiger partial charge in [-0.2, -0.15) is 0 Å². The SMILES string of the molecule is COCCN(CC(C)C)CC1(O)CCC(C(=O)O)CC1. The van der Waals surface area contributed by atoms with Crippen LogP contribution >= 0.6 is 0 Å². The number of rotatable bonds is 8. The normalized spacial score (nSPS) is 27.2. The molecule has 2 N–H and O–H groups in total. The van der Waals surface area contributed by atoms with E-state index in [4.69, 9.17) is 9.84 Å². The van der Waals surface area contributed by atoms with Crippen LogP contribution in [-0.2, 0) is 9.53 Å². The number of hydrogen-bond acceptors (Lipinski definition) is 4. The third kappa shape index (κ3) is 5.77. The molecule has 0 aromatic rings. The minimum atomic E-state index is -0.741. The first-order valence-electron chi connectivity index (χ1n) is 7.53. The fraction of sp³-hybridized carbons (Fsp3) is 0.933. The average molecular weight is 287 g/mol. The van der Waals surface area contributed by atoms with Crippen molar-refractivity contribution in [3.05, 3.63) is 0 Å². The van der Waals surface area contributed by atoms with Crippen LogP contribution in [0.3, 0.4) is 0 Å². The predicted octanol–water partition coefficient (Wildman–Crippen LogP) is 1.60. The molecule has 1 fully saturated rings. The summed E-state index contributed by atoms with van der Waals surface area (Å²) in [4.78, 5) is 13.2. The van der Waals surface area contributed by atoms with Crippen molar-refractivity contribution < 1.29 is 19.7 Å². The Kier molecular flexibility index (Phi) is 6.92. The fourth-order valence-corrected chi connectivity index (χ4v) is 2.95. The lowest BCUT2D eigenvalue weighted by Gasteiger charge is -2.39. The Morgan fingerprint density at radius 1 is 1.40 bits per heavy atom. The van der Waals surface area contributed by atoms with Crippen molar-refractivity contribution >= 4 is 5.97 Å². The van der Waals surface area contributed by atoms with Crippen LogP contribution in [0.25, 0.3) is 0 Å². The molecule has 0 unspecified atom stereocenters. The van der Waals surface area contributed by atoms with Gasteiger partial charge in [0.1, 0.15) is 0 Å². The predicted molar refractivity (Wildman–Crippen MR) is 77.7 cm³/mol. The molecule has 5 nitrogen and oxygen atoms in total. The summed E-state index contributed by atoms with van der Waals surface area (Å²) in [7, 11) is 1.68. The maximum atomic E-state index is 11.0. The minimum Gasteiger partial charge on any atom is -0.481 e. The molecule has 0 amide bonds. The van der Waals surface area contributed by atoms with Crippen LogP contribution in [0.5, 0.6) is 0 Å². The summed E-state index contributed by atoms with van der Waals surface area (Å²) in [6.07, 6.45) is 2.30. The Balaban J connectivity index is 2.51. The average Bonchev–Trinajstić information content (AvgIpc) is 2.35. The molecule has 118 valence electrons. The van der Waals surface area contributed by atoms with Crippen molar-refractivity contribution in [3.8, 4) is 0 Å². The van der Waals surface area contributed by atoms with E-state index >= 15 is 0 Å². The molecule has 1 aliphatic carbocycles. The minimum absolute atomic E-state index is 0.284. The summed E-state index contributed by atoms with van der Waals surface area (Å²) < 4.78 is 5.12. The Labute approximate surface area is 121 Å². The first kappa shape index (κ1) is 17.4. The van der Waals surface area contributed by atoms with Crippen LogP contribution in [-0.4, -0.2) is 60.0 Å². The molecule has 0 spiro atoms. The number of carboxylic acids is 1. The van der Waals surface area contributed by atoms with Crippen molar-refractivity contribution in [2.75, 3.05) is 33.4 Å². The molecule has 0 bridgehead atoms. The van der Waals surface area contributed by atoms with Crippen LogP contribution in [0.2, 0.25) is 0 Å². The van der Waals surface area contributed by atoms with Crippen LogP contribution in [0.1, 0.15) is 39.5 Å². The zero-order valence-electron chi connectivity index (χ0n) is 13.0. The molecule has 0 heterocycles. The Bertz CT molecular complexity index is 298. The van der Waals surface area contributed by atoms with Gasteiger partial charge in [-0.1, -0.05) is 13.8 Å². The van der Waals surface area contributed by atoms with Crippen LogP contribution in [0.15, 0.2) is 0 Å². The molecular weight excluding hydrogens is 258 g/mol. The molecular formula is C15H29NO4. The second-order valence-corrected chi connectivity index (χ2v) is 6.46. The number of nitrogens with zero attached hydrogens (tertiary/aromatic N) is 1. The second-order valence-electron chi connectivity index (χ2n) is 6.46. The summed E-state index contributed by atoms with van der Waals surface area (Å²) in [5, 5.41) is 19.7. The van der Waals surface area contributed by atoms with Gasteiger partial charge in [-0.25, -0.2) is 0 Å². The summed E-state index contributed by atoms with van der Waals surface area (Å²) in [5.74, 6) is -0.482. The van der Waals surface area contributed by atoms with Gasteiger partial charge in [0.2, 0.25) is 0 Å².